The van der Waals surface area contributed by atoms with Gasteiger partial charge in [0, 0.05) is 30.4 Å². The van der Waals surface area contributed by atoms with Crippen molar-refractivity contribution in [3.8, 4) is 11.5 Å². The quantitative estimate of drug-likeness (QED) is 0.716. The van der Waals surface area contributed by atoms with E-state index in [4.69, 9.17) is 9.47 Å². The number of hydrogen-bond donors (Lipinski definition) is 1. The number of aromatic nitrogens is 3. The fraction of sp³-hybridized carbons (Fsp3) is 0.478. The summed E-state index contributed by atoms with van der Waals surface area (Å²) in [7, 11) is 1.64. The summed E-state index contributed by atoms with van der Waals surface area (Å²) in [5.74, 6) is 3.41. The number of para-hydroxylation sites is 2. The van der Waals surface area contributed by atoms with Crippen LogP contribution in [0.5, 0.6) is 11.5 Å². The minimum Gasteiger partial charge on any atom is -0.493 e. The summed E-state index contributed by atoms with van der Waals surface area (Å²) in [5.41, 5.74) is 3.07. The highest BCUT2D eigenvalue weighted by Gasteiger charge is 2.43. The lowest BCUT2D eigenvalue weighted by Gasteiger charge is -2.35. The minimum absolute atomic E-state index is 0.229. The first-order valence-electron chi connectivity index (χ1n) is 10.6. The normalized spacial score (nSPS) is 26.1. The van der Waals surface area contributed by atoms with Gasteiger partial charge in [-0.3, -0.25) is 0 Å². The Morgan fingerprint density at radius 3 is 2.53 bits per heavy atom. The summed E-state index contributed by atoms with van der Waals surface area (Å²) in [6.07, 6.45) is 2.65. The predicted molar refractivity (Wildman–Crippen MR) is 114 cm³/mol. The predicted octanol–water partition coefficient (Wildman–Crippen LogP) is 3.01. The Hall–Kier alpha value is -2.80. The van der Waals surface area contributed by atoms with Crippen molar-refractivity contribution >= 4 is 11.5 Å². The molecule has 1 saturated carbocycles. The second kappa shape index (κ2) is 7.47. The van der Waals surface area contributed by atoms with Gasteiger partial charge in [0.15, 0.2) is 17.1 Å². The standard InChI is InChI=1S/C23H28N4O3/c1-14-15(2)25-22-8-9-24-27(22)23(14)26-12-16-10-18(28)21(11-17(16)13-26)30-20-7-5-4-6-19(20)29-3/h4-9,16-18,21,28H,10-13H2,1-3H3/t16-,17+,18+,21+/m0/s1. The second-order valence-corrected chi connectivity index (χ2v) is 8.52. The van der Waals surface area contributed by atoms with Gasteiger partial charge in [0.2, 0.25) is 0 Å². The van der Waals surface area contributed by atoms with Crippen LogP contribution in [0.4, 0.5) is 5.82 Å². The molecule has 2 fully saturated rings. The first-order chi connectivity index (χ1) is 14.5. The van der Waals surface area contributed by atoms with E-state index < -0.39 is 6.10 Å². The zero-order valence-electron chi connectivity index (χ0n) is 17.7. The zero-order chi connectivity index (χ0) is 20.8. The lowest BCUT2D eigenvalue weighted by molar-refractivity contribution is -0.0240. The van der Waals surface area contributed by atoms with Gasteiger partial charge in [0.05, 0.1) is 19.4 Å². The number of aliphatic hydroxyl groups is 1. The van der Waals surface area contributed by atoms with Crippen LogP contribution in [0.15, 0.2) is 36.5 Å². The number of ether oxygens (including phenoxy) is 2. The SMILES string of the molecule is COc1ccccc1O[C@@H]1C[C@@H]2CN(c3c(C)c(C)nc4ccnn34)C[C@@H]2C[C@H]1O. The summed E-state index contributed by atoms with van der Waals surface area (Å²) in [6, 6.07) is 9.57. The molecule has 1 saturated heterocycles. The highest BCUT2D eigenvalue weighted by Crippen LogP contribution is 2.41. The topological polar surface area (TPSA) is 72.1 Å². The van der Waals surface area contributed by atoms with Crippen LogP contribution in [0.1, 0.15) is 24.1 Å². The van der Waals surface area contributed by atoms with Gasteiger partial charge in [-0.25, -0.2) is 4.98 Å². The van der Waals surface area contributed by atoms with Crippen LogP contribution >= 0.6 is 0 Å². The van der Waals surface area contributed by atoms with Crippen molar-refractivity contribution < 1.29 is 14.6 Å². The van der Waals surface area contributed by atoms with Crippen molar-refractivity contribution in [1.29, 1.82) is 0 Å². The molecule has 3 aromatic rings. The summed E-state index contributed by atoms with van der Waals surface area (Å²) < 4.78 is 13.6. The Morgan fingerprint density at radius 1 is 1.03 bits per heavy atom. The molecule has 0 unspecified atom stereocenters. The Bertz CT molecular complexity index is 1070. The van der Waals surface area contributed by atoms with E-state index in [1.165, 1.54) is 0 Å². The van der Waals surface area contributed by atoms with Gasteiger partial charge in [0.25, 0.3) is 0 Å². The van der Waals surface area contributed by atoms with Gasteiger partial charge >= 0.3 is 0 Å². The van der Waals surface area contributed by atoms with Crippen LogP contribution in [-0.4, -0.2) is 52.1 Å². The van der Waals surface area contributed by atoms with Gasteiger partial charge in [-0.1, -0.05) is 12.1 Å². The smallest absolute Gasteiger partial charge is 0.161 e. The van der Waals surface area contributed by atoms with Gasteiger partial charge in [0.1, 0.15) is 11.9 Å². The number of aliphatic hydroxyl groups excluding tert-OH is 1. The summed E-state index contributed by atoms with van der Waals surface area (Å²) in [5, 5.41) is 15.3. The lowest BCUT2D eigenvalue weighted by Crippen LogP contribution is -2.42. The van der Waals surface area contributed by atoms with E-state index in [0.717, 1.165) is 48.7 Å². The molecule has 1 aliphatic carbocycles. The Balaban J connectivity index is 1.38. The number of hydrogen-bond acceptors (Lipinski definition) is 6. The highest BCUT2D eigenvalue weighted by atomic mass is 16.5. The molecule has 0 amide bonds. The number of anilines is 1. The maximum Gasteiger partial charge on any atom is 0.161 e. The molecule has 30 heavy (non-hydrogen) atoms. The van der Waals surface area contributed by atoms with Crippen LogP contribution in [-0.2, 0) is 0 Å². The molecule has 1 aliphatic heterocycles. The number of benzene rings is 1. The molecule has 7 heteroatoms. The zero-order valence-corrected chi connectivity index (χ0v) is 17.7. The third-order valence-electron chi connectivity index (χ3n) is 6.72. The average molecular weight is 409 g/mol. The van der Waals surface area contributed by atoms with Crippen molar-refractivity contribution in [1.82, 2.24) is 14.6 Å². The first-order valence-corrected chi connectivity index (χ1v) is 10.6. The molecule has 0 radical (unpaired) electrons. The lowest BCUT2D eigenvalue weighted by atomic mass is 9.78. The third-order valence-corrected chi connectivity index (χ3v) is 6.72. The molecule has 158 valence electrons. The van der Waals surface area contributed by atoms with Crippen molar-refractivity contribution in [3.05, 3.63) is 47.8 Å². The molecule has 2 aromatic heterocycles. The van der Waals surface area contributed by atoms with E-state index in [1.807, 2.05) is 34.8 Å². The van der Waals surface area contributed by atoms with Gasteiger partial charge in [-0.15, -0.1) is 0 Å². The molecule has 7 nitrogen and oxygen atoms in total. The summed E-state index contributed by atoms with van der Waals surface area (Å²) in [6.45, 7) is 6.02. The third kappa shape index (κ3) is 3.17. The number of rotatable bonds is 4. The molecule has 0 spiro atoms. The van der Waals surface area contributed by atoms with Crippen LogP contribution in [0.2, 0.25) is 0 Å². The van der Waals surface area contributed by atoms with Gasteiger partial charge in [-0.05, 0) is 50.7 Å². The molecule has 0 bridgehead atoms. The second-order valence-electron chi connectivity index (χ2n) is 8.52. The minimum atomic E-state index is -0.485. The van der Waals surface area contributed by atoms with Crippen molar-refractivity contribution in [2.24, 2.45) is 11.8 Å². The number of nitrogens with zero attached hydrogens (tertiary/aromatic N) is 4. The molecule has 2 aliphatic rings. The Kier molecular flexibility index (Phi) is 4.77. The van der Waals surface area contributed by atoms with Crippen LogP contribution in [0.3, 0.4) is 0 Å². The largest absolute Gasteiger partial charge is 0.493 e. The maximum absolute atomic E-state index is 10.8. The number of methoxy groups -OCH3 is 1. The van der Waals surface area contributed by atoms with E-state index in [1.54, 1.807) is 13.3 Å². The summed E-state index contributed by atoms with van der Waals surface area (Å²) >= 11 is 0. The molecule has 5 rings (SSSR count). The van der Waals surface area contributed by atoms with E-state index in [-0.39, 0.29) is 6.10 Å². The number of fused-ring (bicyclic) bond motifs is 2. The van der Waals surface area contributed by atoms with Crippen molar-refractivity contribution in [3.63, 3.8) is 0 Å². The molecule has 4 atom stereocenters. The fourth-order valence-electron chi connectivity index (χ4n) is 5.06. The van der Waals surface area contributed by atoms with E-state index in [9.17, 15) is 5.11 Å². The monoisotopic (exact) mass is 408 g/mol. The van der Waals surface area contributed by atoms with Crippen LogP contribution < -0.4 is 14.4 Å². The van der Waals surface area contributed by atoms with E-state index >= 15 is 0 Å². The van der Waals surface area contributed by atoms with Crippen molar-refractivity contribution in [2.75, 3.05) is 25.1 Å². The molecule has 1 aromatic carbocycles. The molecule has 1 N–H and O–H groups in total. The van der Waals surface area contributed by atoms with Gasteiger partial charge < -0.3 is 19.5 Å². The average Bonchev–Trinajstić information content (AvgIpc) is 3.36. The van der Waals surface area contributed by atoms with Crippen LogP contribution in [0, 0.1) is 25.7 Å². The van der Waals surface area contributed by atoms with Crippen molar-refractivity contribution in [2.45, 2.75) is 38.9 Å². The maximum atomic E-state index is 10.8. The Labute approximate surface area is 176 Å². The molecule has 3 heterocycles. The summed E-state index contributed by atoms with van der Waals surface area (Å²) in [4.78, 5) is 7.06. The van der Waals surface area contributed by atoms with E-state index in [0.29, 0.717) is 23.3 Å². The molecular weight excluding hydrogens is 380 g/mol. The van der Waals surface area contributed by atoms with Crippen LogP contribution in [0.25, 0.3) is 5.65 Å². The first kappa shape index (κ1) is 19.2. The van der Waals surface area contributed by atoms with Gasteiger partial charge in [-0.2, -0.15) is 9.61 Å². The highest BCUT2D eigenvalue weighted by molar-refractivity contribution is 5.57. The number of aryl methyl sites for hydroxylation is 1. The van der Waals surface area contributed by atoms with E-state index in [2.05, 4.69) is 28.8 Å². The molecular formula is C23H28N4O3. The fourth-order valence-corrected chi connectivity index (χ4v) is 5.06. The Morgan fingerprint density at radius 2 is 1.77 bits per heavy atom.